The van der Waals surface area contributed by atoms with Crippen LogP contribution >= 0.6 is 0 Å². The third-order valence-electron chi connectivity index (χ3n) is 10.3. The third-order valence-corrected chi connectivity index (χ3v) is 10.3. The van der Waals surface area contributed by atoms with Gasteiger partial charge in [-0.3, -0.25) is 19.4 Å². The van der Waals surface area contributed by atoms with E-state index in [1.807, 2.05) is 12.1 Å². The van der Waals surface area contributed by atoms with Crippen LogP contribution in [0.4, 0.5) is 10.5 Å². The molecule has 4 heterocycles. The molecule has 228 valence electrons. The normalized spacial score (nSPS) is 30.5. The fourth-order valence-corrected chi connectivity index (χ4v) is 7.92. The summed E-state index contributed by atoms with van der Waals surface area (Å²) in [5.74, 6) is -3.65. The van der Waals surface area contributed by atoms with Gasteiger partial charge in [-0.25, -0.2) is 14.8 Å². The molecule has 1 saturated carbocycles. The summed E-state index contributed by atoms with van der Waals surface area (Å²) in [6.07, 6.45) is 4.05. The number of imide groups is 1. The monoisotopic (exact) mass is 599 g/mol. The summed E-state index contributed by atoms with van der Waals surface area (Å²) in [6, 6.07) is 10.8. The lowest BCUT2D eigenvalue weighted by molar-refractivity contribution is -0.230. The highest BCUT2D eigenvalue weighted by atomic mass is 16.5. The molecule has 44 heavy (non-hydrogen) atoms. The predicted molar refractivity (Wildman–Crippen MR) is 158 cm³/mol. The van der Waals surface area contributed by atoms with E-state index in [1.165, 1.54) is 15.4 Å². The van der Waals surface area contributed by atoms with E-state index < -0.39 is 47.4 Å². The van der Waals surface area contributed by atoms with E-state index in [1.54, 1.807) is 30.3 Å². The highest BCUT2D eigenvalue weighted by Crippen LogP contribution is 2.57. The fourth-order valence-electron chi connectivity index (χ4n) is 7.92. The molecule has 14 nitrogen and oxygen atoms in total. The first-order chi connectivity index (χ1) is 21.1. The number of nitrogens with two attached hydrogens (primary N) is 2. The van der Waals surface area contributed by atoms with Crippen LogP contribution in [0.15, 0.2) is 58.5 Å². The Balaban J connectivity index is 1.07. The van der Waals surface area contributed by atoms with Crippen molar-refractivity contribution in [3.8, 4) is 0 Å². The van der Waals surface area contributed by atoms with Gasteiger partial charge in [0.05, 0.1) is 12.6 Å². The number of rotatable bonds is 5. The Labute approximate surface area is 252 Å². The first kappa shape index (κ1) is 26.9. The van der Waals surface area contributed by atoms with Gasteiger partial charge in [-0.05, 0) is 60.4 Å². The molecule has 4 atom stereocenters. The van der Waals surface area contributed by atoms with Crippen LogP contribution in [0.2, 0.25) is 0 Å². The van der Waals surface area contributed by atoms with E-state index in [-0.39, 0.29) is 37.0 Å². The Morgan fingerprint density at radius 2 is 1.82 bits per heavy atom. The zero-order valence-electron chi connectivity index (χ0n) is 23.8. The van der Waals surface area contributed by atoms with Crippen molar-refractivity contribution in [2.45, 2.75) is 60.7 Å². The van der Waals surface area contributed by atoms with Crippen molar-refractivity contribution in [3.05, 3.63) is 65.2 Å². The minimum Gasteiger partial charge on any atom is -0.370 e. The fraction of sp³-hybridized carbons (Fsp3) is 0.433. The summed E-state index contributed by atoms with van der Waals surface area (Å²) in [4.78, 5) is 52.9. The smallest absolute Gasteiger partial charge is 0.331 e. The van der Waals surface area contributed by atoms with Gasteiger partial charge in [0.1, 0.15) is 18.6 Å². The highest BCUT2D eigenvalue weighted by molar-refractivity contribution is 6.12. The number of aliphatic hydroxyl groups is 2. The van der Waals surface area contributed by atoms with Gasteiger partial charge in [0.25, 0.3) is 11.8 Å². The molecular weight excluding hydrogens is 566 g/mol. The van der Waals surface area contributed by atoms with Crippen LogP contribution in [-0.4, -0.2) is 99.0 Å². The van der Waals surface area contributed by atoms with Gasteiger partial charge in [-0.1, -0.05) is 30.3 Å². The number of amides is 4. The van der Waals surface area contributed by atoms with E-state index >= 15 is 0 Å². The topological polar surface area (TPSA) is 202 Å². The number of carbonyl (C=O) groups excluding carboxylic acids is 3. The molecule has 8 N–H and O–H groups in total. The number of fused-ring (bicyclic) bond motifs is 2. The van der Waals surface area contributed by atoms with Crippen LogP contribution in [-0.2, 0) is 16.6 Å². The number of hydrogen-bond acceptors (Lipinski definition) is 11. The van der Waals surface area contributed by atoms with Crippen LogP contribution in [0.3, 0.4) is 0 Å². The quantitative estimate of drug-likeness (QED) is 0.182. The van der Waals surface area contributed by atoms with Gasteiger partial charge in [0.2, 0.25) is 5.79 Å². The Morgan fingerprint density at radius 1 is 1.05 bits per heavy atom. The average molecular weight is 600 g/mol. The number of aliphatic imine (C=N–C) groups is 2. The molecule has 0 aromatic heterocycles. The van der Waals surface area contributed by atoms with Crippen molar-refractivity contribution in [1.29, 1.82) is 0 Å². The van der Waals surface area contributed by atoms with Gasteiger partial charge >= 0.3 is 6.03 Å². The number of carbonyl (C=O) groups is 3. The van der Waals surface area contributed by atoms with Gasteiger partial charge in [0.15, 0.2) is 17.6 Å². The second kappa shape index (κ2) is 8.92. The van der Waals surface area contributed by atoms with E-state index in [2.05, 4.69) is 26.7 Å². The van der Waals surface area contributed by atoms with Crippen molar-refractivity contribution < 1.29 is 24.6 Å². The van der Waals surface area contributed by atoms with E-state index in [9.17, 15) is 24.6 Å². The molecule has 14 heteroatoms. The van der Waals surface area contributed by atoms with Crippen molar-refractivity contribution in [2.75, 3.05) is 24.5 Å². The van der Waals surface area contributed by atoms with Crippen LogP contribution < -0.4 is 27.0 Å². The first-order valence-electron chi connectivity index (χ1n) is 14.8. The maximum absolute atomic E-state index is 13.7. The zero-order chi connectivity index (χ0) is 30.6. The number of benzene rings is 2. The first-order valence-corrected chi connectivity index (χ1v) is 14.8. The van der Waals surface area contributed by atoms with Crippen LogP contribution in [0.5, 0.6) is 0 Å². The lowest BCUT2D eigenvalue weighted by Crippen LogP contribution is -2.78. The average Bonchev–Trinajstić information content (AvgIpc) is 3.34. The summed E-state index contributed by atoms with van der Waals surface area (Å²) in [5, 5.41) is 29.4. The van der Waals surface area contributed by atoms with Gasteiger partial charge in [0, 0.05) is 17.8 Å². The van der Waals surface area contributed by atoms with Crippen LogP contribution in [0.25, 0.3) is 0 Å². The Kier molecular flexibility index (Phi) is 5.46. The minimum absolute atomic E-state index is 0.0665. The summed E-state index contributed by atoms with van der Waals surface area (Å²) in [6.45, 7) is -0.469. The van der Waals surface area contributed by atoms with Gasteiger partial charge in [-0.2, -0.15) is 0 Å². The zero-order valence-corrected chi connectivity index (χ0v) is 23.8. The highest BCUT2D eigenvalue weighted by Gasteiger charge is 2.73. The molecule has 0 bridgehead atoms. The van der Waals surface area contributed by atoms with Crippen LogP contribution in [0.1, 0.15) is 40.7 Å². The number of urea groups is 1. The molecule has 0 radical (unpaired) electrons. The van der Waals surface area contributed by atoms with Crippen molar-refractivity contribution in [1.82, 2.24) is 20.4 Å². The third kappa shape index (κ3) is 3.51. The molecule has 2 aliphatic carbocycles. The minimum atomic E-state index is -2.64. The standard InChI is InChI=1S/C30H33N9O5/c31-25-35-23-20(13-38-22(40)15-37(27(38)42)16-5-2-1-3-6-16)33-26(32)39-14-21(30(43,44)29(23,39)36-25)34-24(41)18-7-4-8-19-17(18)9-10-28(19)11-12-28/h1-8,20-21,23,43-44H,9-15H2,(H2,32,33)(H,34,41)(H3,31,35,36)/t20-,21?,23?,29?/m0/s1. The van der Waals surface area contributed by atoms with E-state index in [4.69, 9.17) is 11.5 Å². The van der Waals surface area contributed by atoms with Gasteiger partial charge < -0.3 is 37.2 Å². The lowest BCUT2D eigenvalue weighted by Gasteiger charge is -2.49. The lowest BCUT2D eigenvalue weighted by atomic mass is 9.84. The molecule has 8 rings (SSSR count). The summed E-state index contributed by atoms with van der Waals surface area (Å²) in [7, 11) is 0. The molecule has 6 aliphatic rings. The molecule has 4 aliphatic heterocycles. The second-order valence-electron chi connectivity index (χ2n) is 12.6. The summed E-state index contributed by atoms with van der Waals surface area (Å²) < 4.78 is 0. The van der Waals surface area contributed by atoms with Crippen molar-refractivity contribution in [2.24, 2.45) is 21.5 Å². The Hall–Kier alpha value is -4.69. The van der Waals surface area contributed by atoms with Crippen molar-refractivity contribution in [3.63, 3.8) is 0 Å². The molecular formula is C30H33N9O5. The Bertz CT molecular complexity index is 1670. The largest absolute Gasteiger partial charge is 0.370 e. The SMILES string of the molecule is NC1=NC2[C@H](CN3C(=O)CN(c4ccccc4)C3=O)N=C(N)N3CC(NC(=O)c4cccc5c4CCC54CC4)C(O)(O)C23N1. The molecule has 2 saturated heterocycles. The summed E-state index contributed by atoms with van der Waals surface area (Å²) >= 11 is 0. The molecule has 4 amide bonds. The Morgan fingerprint density at radius 3 is 2.57 bits per heavy atom. The van der Waals surface area contributed by atoms with Crippen LogP contribution in [0, 0.1) is 0 Å². The number of anilines is 1. The maximum atomic E-state index is 13.7. The maximum Gasteiger partial charge on any atom is 0.331 e. The number of guanidine groups is 2. The van der Waals surface area contributed by atoms with E-state index in [0.29, 0.717) is 11.3 Å². The molecule has 3 fully saturated rings. The summed E-state index contributed by atoms with van der Waals surface area (Å²) in [5.41, 5.74) is 14.2. The second-order valence-corrected chi connectivity index (χ2v) is 12.6. The van der Waals surface area contributed by atoms with Crippen molar-refractivity contribution >= 4 is 35.5 Å². The molecule has 3 unspecified atom stereocenters. The van der Waals surface area contributed by atoms with E-state index in [0.717, 1.165) is 36.1 Å². The molecule has 2 aromatic carbocycles. The number of nitrogens with one attached hydrogen (secondary N) is 2. The number of hydrogen-bond donors (Lipinski definition) is 6. The number of nitrogens with zero attached hydrogens (tertiary/aromatic N) is 5. The predicted octanol–water partition coefficient (Wildman–Crippen LogP) is -1.09. The van der Waals surface area contributed by atoms with Gasteiger partial charge in [-0.15, -0.1) is 0 Å². The molecule has 2 spiro atoms. The number of para-hydroxylation sites is 1. The molecule has 2 aromatic rings.